The zero-order chi connectivity index (χ0) is 31.8. The molecule has 1 aliphatic heterocycles. The van der Waals surface area contributed by atoms with E-state index >= 15 is 0 Å². The summed E-state index contributed by atoms with van der Waals surface area (Å²) in [7, 11) is 0. The van der Waals surface area contributed by atoms with Crippen LogP contribution in [0.25, 0.3) is 10.9 Å². The van der Waals surface area contributed by atoms with Crippen LogP contribution in [-0.4, -0.2) is 41.0 Å². The number of piperidine rings is 1. The van der Waals surface area contributed by atoms with Gasteiger partial charge < -0.3 is 20.1 Å². The second kappa shape index (κ2) is 14.9. The second-order valence-electron chi connectivity index (χ2n) is 11.2. The van der Waals surface area contributed by atoms with Gasteiger partial charge in [0, 0.05) is 48.0 Å². The minimum Gasteiger partial charge on any atom is -0.492 e. The summed E-state index contributed by atoms with van der Waals surface area (Å²) in [5, 5.41) is 17.3. The van der Waals surface area contributed by atoms with E-state index in [2.05, 4.69) is 40.4 Å². The van der Waals surface area contributed by atoms with Gasteiger partial charge >= 0.3 is 0 Å². The van der Waals surface area contributed by atoms with Crippen LogP contribution in [0.4, 0.5) is 17.1 Å². The topological polar surface area (TPSA) is 99.5 Å². The van der Waals surface area contributed by atoms with Gasteiger partial charge in [0.25, 0.3) is 0 Å². The maximum absolute atomic E-state index is 13.0. The van der Waals surface area contributed by atoms with Gasteiger partial charge in [0.05, 0.1) is 34.1 Å². The number of halogens is 1. The van der Waals surface area contributed by atoms with Crippen molar-refractivity contribution in [3.8, 4) is 17.6 Å². The van der Waals surface area contributed by atoms with Gasteiger partial charge in [-0.1, -0.05) is 54.4 Å². The van der Waals surface area contributed by atoms with Crippen molar-refractivity contribution >= 4 is 45.5 Å². The minimum absolute atomic E-state index is 0.260. The van der Waals surface area contributed by atoms with E-state index in [1.165, 1.54) is 25.5 Å². The van der Waals surface area contributed by atoms with Crippen molar-refractivity contribution in [3.63, 3.8) is 0 Å². The summed E-state index contributed by atoms with van der Waals surface area (Å²) in [5.74, 6) is 0.787. The van der Waals surface area contributed by atoms with Crippen LogP contribution in [0, 0.1) is 11.3 Å². The maximum atomic E-state index is 13.0. The van der Waals surface area contributed by atoms with E-state index in [1.54, 1.807) is 30.3 Å². The number of anilines is 3. The minimum atomic E-state index is -0.260. The highest BCUT2D eigenvalue weighted by Gasteiger charge is 2.23. The number of benzene rings is 3. The summed E-state index contributed by atoms with van der Waals surface area (Å²) < 4.78 is 11.8. The Morgan fingerprint density at radius 3 is 2.58 bits per heavy atom. The number of carbonyl (C=O) groups is 1. The molecule has 1 aromatic heterocycles. The first-order chi connectivity index (χ1) is 21.9. The van der Waals surface area contributed by atoms with Crippen molar-refractivity contribution in [2.45, 2.75) is 58.7 Å². The number of hydrogen-bond donors (Lipinski definition) is 2. The first-order valence-electron chi connectivity index (χ1n) is 15.3. The van der Waals surface area contributed by atoms with Crippen molar-refractivity contribution in [2.24, 2.45) is 0 Å². The van der Waals surface area contributed by atoms with Gasteiger partial charge in [-0.2, -0.15) is 5.26 Å². The van der Waals surface area contributed by atoms with Crippen molar-refractivity contribution < 1.29 is 14.3 Å². The molecule has 1 amide bonds. The molecule has 0 bridgehead atoms. The number of carbonyl (C=O) groups excluding carboxylic acids is 1. The molecule has 4 aromatic rings. The number of rotatable bonds is 11. The Kier molecular flexibility index (Phi) is 10.6. The largest absolute Gasteiger partial charge is 0.492 e. The smallest absolute Gasteiger partial charge is 0.248 e. The standard InChI is InChI=1S/C36H38ClN5O3/c1-4-44-34-20-31-29(19-32(34)41-35(43)14-9-17-42-24(2)10-8-11-25(42)3)36(27(21-38)22-39-31)40-28-15-16-33(30(37)18-28)45-23-26-12-6-5-7-13-26/h5-7,9,12-16,18-20,22,24-25H,4,8,10-11,17,23H2,1-3H3,(H,39,40)(H,41,43)/b14-9+. The van der Waals surface area contributed by atoms with E-state index in [1.807, 2.05) is 49.4 Å². The van der Waals surface area contributed by atoms with E-state index < -0.39 is 0 Å². The zero-order valence-electron chi connectivity index (χ0n) is 25.8. The first-order valence-corrected chi connectivity index (χ1v) is 15.7. The molecule has 3 aromatic carbocycles. The highest BCUT2D eigenvalue weighted by molar-refractivity contribution is 6.32. The molecule has 0 radical (unpaired) electrons. The van der Waals surface area contributed by atoms with Gasteiger partial charge in [-0.3, -0.25) is 14.7 Å². The summed E-state index contributed by atoms with van der Waals surface area (Å²) in [6, 6.07) is 22.0. The lowest BCUT2D eigenvalue weighted by Crippen LogP contribution is -2.43. The molecule has 9 heteroatoms. The first kappa shape index (κ1) is 31.8. The highest BCUT2D eigenvalue weighted by Crippen LogP contribution is 2.37. The molecular formula is C36H38ClN5O3. The van der Waals surface area contributed by atoms with E-state index in [0.717, 1.165) is 5.56 Å². The molecule has 2 N–H and O–H groups in total. The van der Waals surface area contributed by atoms with Gasteiger partial charge in [-0.15, -0.1) is 0 Å². The molecule has 232 valence electrons. The fraction of sp³-hybridized carbons (Fsp3) is 0.306. The number of nitrogens with zero attached hydrogens (tertiary/aromatic N) is 3. The van der Waals surface area contributed by atoms with Crippen molar-refractivity contribution in [1.82, 2.24) is 9.88 Å². The summed E-state index contributed by atoms with van der Waals surface area (Å²) in [6.45, 7) is 7.88. The Labute approximate surface area is 269 Å². The molecule has 8 nitrogen and oxygen atoms in total. The van der Waals surface area contributed by atoms with Crippen LogP contribution < -0.4 is 20.1 Å². The number of pyridine rings is 1. The summed E-state index contributed by atoms with van der Waals surface area (Å²) in [5.41, 5.74) is 3.68. The lowest BCUT2D eigenvalue weighted by Gasteiger charge is -2.38. The third-order valence-corrected chi connectivity index (χ3v) is 8.34. The Balaban J connectivity index is 1.38. The van der Waals surface area contributed by atoms with Gasteiger partial charge in [0.1, 0.15) is 24.2 Å². The van der Waals surface area contributed by atoms with Crippen molar-refractivity contribution in [2.75, 3.05) is 23.8 Å². The van der Waals surface area contributed by atoms with Crippen LogP contribution in [0.5, 0.6) is 11.5 Å². The number of nitriles is 1. The predicted octanol–water partition coefficient (Wildman–Crippen LogP) is 8.24. The normalized spacial score (nSPS) is 16.8. The molecule has 0 aliphatic carbocycles. The van der Waals surface area contributed by atoms with Crippen molar-refractivity contribution in [3.05, 3.63) is 95.2 Å². The molecule has 2 heterocycles. The lowest BCUT2D eigenvalue weighted by molar-refractivity contribution is -0.111. The van der Waals surface area contributed by atoms with Crippen LogP contribution >= 0.6 is 11.6 Å². The number of likely N-dealkylation sites (tertiary alicyclic amines) is 1. The molecule has 1 saturated heterocycles. The average Bonchev–Trinajstić information content (AvgIpc) is 3.03. The number of aromatic nitrogens is 1. The summed E-state index contributed by atoms with van der Waals surface area (Å²) in [6.07, 6.45) is 8.59. The van der Waals surface area contributed by atoms with Crippen LogP contribution in [0.3, 0.4) is 0 Å². The number of hydrogen-bond acceptors (Lipinski definition) is 7. The number of amides is 1. The van der Waals surface area contributed by atoms with Crippen LogP contribution in [0.1, 0.15) is 51.2 Å². The fourth-order valence-corrected chi connectivity index (χ4v) is 5.91. The molecule has 2 atom stereocenters. The summed E-state index contributed by atoms with van der Waals surface area (Å²) >= 11 is 6.58. The van der Waals surface area contributed by atoms with Crippen LogP contribution in [0.2, 0.25) is 5.02 Å². The molecule has 1 aliphatic rings. The van der Waals surface area contributed by atoms with Gasteiger partial charge in [-0.05, 0) is 63.4 Å². The van der Waals surface area contributed by atoms with Gasteiger partial charge in [-0.25, -0.2) is 0 Å². The van der Waals surface area contributed by atoms with Gasteiger partial charge in [0.2, 0.25) is 5.91 Å². The fourth-order valence-electron chi connectivity index (χ4n) is 5.68. The Hall–Kier alpha value is -4.58. The summed E-state index contributed by atoms with van der Waals surface area (Å²) in [4.78, 5) is 20.0. The van der Waals surface area contributed by atoms with E-state index in [0.29, 0.717) is 81.9 Å². The van der Waals surface area contributed by atoms with E-state index in [4.69, 9.17) is 21.1 Å². The molecule has 1 fully saturated rings. The van der Waals surface area contributed by atoms with E-state index in [9.17, 15) is 10.1 Å². The lowest BCUT2D eigenvalue weighted by atomic mass is 9.98. The van der Waals surface area contributed by atoms with Crippen molar-refractivity contribution in [1.29, 1.82) is 5.26 Å². The molecular weight excluding hydrogens is 586 g/mol. The quantitative estimate of drug-likeness (QED) is 0.162. The molecule has 45 heavy (non-hydrogen) atoms. The van der Waals surface area contributed by atoms with E-state index in [-0.39, 0.29) is 5.91 Å². The zero-order valence-corrected chi connectivity index (χ0v) is 26.6. The number of fused-ring (bicyclic) bond motifs is 1. The second-order valence-corrected chi connectivity index (χ2v) is 11.6. The molecule has 0 saturated carbocycles. The number of nitrogens with one attached hydrogen (secondary N) is 2. The maximum Gasteiger partial charge on any atom is 0.248 e. The van der Waals surface area contributed by atoms with Crippen LogP contribution in [0.15, 0.2) is 79.0 Å². The predicted molar refractivity (Wildman–Crippen MR) is 180 cm³/mol. The highest BCUT2D eigenvalue weighted by atomic mass is 35.5. The Morgan fingerprint density at radius 1 is 1.09 bits per heavy atom. The average molecular weight is 624 g/mol. The molecule has 2 unspecified atom stereocenters. The van der Waals surface area contributed by atoms with Crippen LogP contribution in [-0.2, 0) is 11.4 Å². The Morgan fingerprint density at radius 2 is 1.87 bits per heavy atom. The molecule has 5 rings (SSSR count). The monoisotopic (exact) mass is 623 g/mol. The van der Waals surface area contributed by atoms with Gasteiger partial charge in [0.15, 0.2) is 0 Å². The molecule has 0 spiro atoms. The number of ether oxygens (including phenoxy) is 2. The Bertz CT molecular complexity index is 1710. The third kappa shape index (κ3) is 7.93. The third-order valence-electron chi connectivity index (χ3n) is 8.05. The SMILES string of the molecule is CCOc1cc2ncc(C#N)c(Nc3ccc(OCc4ccccc4)c(Cl)c3)c2cc1NC(=O)/C=C/CN1C(C)CCCC1C.